The quantitative estimate of drug-likeness (QED) is 0.280. The first-order chi connectivity index (χ1) is 7.49. The van der Waals surface area contributed by atoms with Crippen molar-refractivity contribution in [3.63, 3.8) is 0 Å². The van der Waals surface area contributed by atoms with E-state index in [4.69, 9.17) is 4.78 Å². The van der Waals surface area contributed by atoms with Crippen molar-refractivity contribution in [2.24, 2.45) is 0 Å². The first-order valence-electron chi connectivity index (χ1n) is 4.55. The second-order valence-corrected chi connectivity index (χ2v) is 4.58. The number of anilines is 2. The van der Waals surface area contributed by atoms with E-state index in [1.165, 1.54) is 13.0 Å². The molecule has 1 amide bonds. The van der Waals surface area contributed by atoms with E-state index in [0.717, 1.165) is 0 Å². The zero-order chi connectivity index (χ0) is 12.1. The molecule has 0 atom stereocenters. The van der Waals surface area contributed by atoms with Crippen LogP contribution >= 0.6 is 0 Å². The summed E-state index contributed by atoms with van der Waals surface area (Å²) in [4.78, 5) is 10.9. The molecule has 5 nitrogen and oxygen atoms in total. The topological polar surface area (TPSA) is 85.2 Å². The number of phenolic OH excluding ortho intramolecular Hbond substituents is 1. The van der Waals surface area contributed by atoms with Gasteiger partial charge in [0.15, 0.2) is 0 Å². The van der Waals surface area contributed by atoms with Crippen LogP contribution in [0, 0.1) is 4.78 Å². The highest BCUT2D eigenvalue weighted by Crippen LogP contribution is 2.26. The highest BCUT2D eigenvalue weighted by molar-refractivity contribution is 7.84. The van der Waals surface area contributed by atoms with Gasteiger partial charge in [-0.1, -0.05) is 0 Å². The molecule has 0 saturated heterocycles. The lowest BCUT2D eigenvalue weighted by atomic mass is 10.2. The zero-order valence-corrected chi connectivity index (χ0v) is 9.89. The average Bonchev–Trinajstić information content (AvgIpc) is 2.18. The molecule has 1 rings (SSSR count). The normalized spacial score (nSPS) is 12.1. The lowest BCUT2D eigenvalue weighted by Crippen LogP contribution is -2.06. The highest BCUT2D eigenvalue weighted by atomic mass is 32.2. The molecule has 0 aromatic heterocycles. The van der Waals surface area contributed by atoms with E-state index in [0.29, 0.717) is 11.4 Å². The van der Waals surface area contributed by atoms with Gasteiger partial charge in [-0.25, -0.2) is 0 Å². The molecule has 0 aliphatic rings. The fourth-order valence-electron chi connectivity index (χ4n) is 1.07. The number of carbonyl (C=O) groups excluding carboxylic acids is 1. The lowest BCUT2D eigenvalue weighted by molar-refractivity contribution is -0.114. The molecule has 16 heavy (non-hydrogen) atoms. The molecular weight excluding hydrogens is 226 g/mol. The SMILES string of the molecule is CC(=O)Nc1cc(NC=[S-](C)=N)ccc1O. The Bertz CT molecular complexity index is 479. The largest absolute Gasteiger partial charge is 0.506 e. The van der Waals surface area contributed by atoms with Gasteiger partial charge in [0.05, 0.1) is 5.69 Å². The van der Waals surface area contributed by atoms with Crippen LogP contribution in [0.15, 0.2) is 18.2 Å². The maximum atomic E-state index is 10.9. The summed E-state index contributed by atoms with van der Waals surface area (Å²) < 4.78 is 7.33. The summed E-state index contributed by atoms with van der Waals surface area (Å²) in [6, 6.07) is 4.77. The van der Waals surface area contributed by atoms with Crippen LogP contribution < -0.4 is 10.6 Å². The van der Waals surface area contributed by atoms with E-state index < -0.39 is 10.3 Å². The molecule has 0 aliphatic carbocycles. The molecule has 0 spiro atoms. The van der Waals surface area contributed by atoms with Gasteiger partial charge >= 0.3 is 0 Å². The Morgan fingerprint density at radius 3 is 2.81 bits per heavy atom. The maximum Gasteiger partial charge on any atom is 0.221 e. The number of rotatable bonds is 3. The molecule has 1 aromatic rings. The van der Waals surface area contributed by atoms with E-state index in [1.807, 2.05) is 0 Å². The Hall–Kier alpha value is -1.69. The van der Waals surface area contributed by atoms with Crippen LogP contribution in [-0.2, 0) is 15.1 Å². The van der Waals surface area contributed by atoms with Crippen LogP contribution in [0.2, 0.25) is 0 Å². The third-order valence-electron chi connectivity index (χ3n) is 1.71. The standard InChI is InChI=1S/C10H14N3O2S/c1-7(14)13-9-5-8(3-4-10(9)15)12-6-16(2)11/h3-6,11-12,15H,1-2H3,(H,13,14)/q-1. The molecule has 88 valence electrons. The Morgan fingerprint density at radius 1 is 1.56 bits per heavy atom. The number of hydrogen-bond acceptors (Lipinski definition) is 4. The van der Waals surface area contributed by atoms with E-state index in [2.05, 4.69) is 10.6 Å². The first kappa shape index (κ1) is 12.4. The molecule has 4 N–H and O–H groups in total. The summed E-state index contributed by atoms with van der Waals surface area (Å²) in [5.41, 5.74) is 2.70. The molecule has 0 bridgehead atoms. The van der Waals surface area contributed by atoms with Gasteiger partial charge < -0.3 is 30.8 Å². The van der Waals surface area contributed by atoms with Gasteiger partial charge in [-0.3, -0.25) is 4.79 Å². The third kappa shape index (κ3) is 3.82. The molecule has 0 saturated carbocycles. The van der Waals surface area contributed by atoms with Gasteiger partial charge in [-0.05, 0) is 18.2 Å². The summed E-state index contributed by atoms with van der Waals surface area (Å²) >= 11 is 0. The number of benzene rings is 1. The average molecular weight is 240 g/mol. The first-order valence-corrected chi connectivity index (χ1v) is 6.25. The lowest BCUT2D eigenvalue weighted by Gasteiger charge is -2.09. The van der Waals surface area contributed by atoms with Gasteiger partial charge in [0.2, 0.25) is 5.91 Å². The summed E-state index contributed by atoms with van der Waals surface area (Å²) in [5, 5.41) is 14.9. The minimum atomic E-state index is -0.575. The molecule has 6 heteroatoms. The van der Waals surface area contributed by atoms with Crippen LogP contribution in [0.5, 0.6) is 5.75 Å². The van der Waals surface area contributed by atoms with E-state index >= 15 is 0 Å². The number of phenols is 1. The molecule has 1 aromatic carbocycles. The van der Waals surface area contributed by atoms with E-state index in [9.17, 15) is 9.90 Å². The Balaban J connectivity index is 2.93. The van der Waals surface area contributed by atoms with Crippen LogP contribution in [-0.4, -0.2) is 22.8 Å². The van der Waals surface area contributed by atoms with Gasteiger partial charge in [0.1, 0.15) is 5.75 Å². The number of carbonyl (C=O) groups is 1. The van der Waals surface area contributed by atoms with Gasteiger partial charge in [0.25, 0.3) is 0 Å². The number of hydrogen-bond donors (Lipinski definition) is 4. The highest BCUT2D eigenvalue weighted by Gasteiger charge is 2.02. The van der Waals surface area contributed by atoms with Gasteiger partial charge in [0, 0.05) is 12.6 Å². The Morgan fingerprint density at radius 2 is 2.25 bits per heavy atom. The second kappa shape index (κ2) is 5.41. The molecule has 0 fully saturated rings. The van der Waals surface area contributed by atoms with Crippen LogP contribution in [0.25, 0.3) is 0 Å². The minimum absolute atomic E-state index is 0.0159. The monoisotopic (exact) mass is 240 g/mol. The zero-order valence-electron chi connectivity index (χ0n) is 9.07. The fraction of sp³-hybridized carbons (Fsp3) is 0.200. The van der Waals surface area contributed by atoms with E-state index in [-0.39, 0.29) is 11.7 Å². The van der Waals surface area contributed by atoms with Gasteiger partial charge in [-0.15, -0.1) is 11.7 Å². The Kier molecular flexibility index (Phi) is 4.19. The number of aromatic hydroxyl groups is 1. The van der Waals surface area contributed by atoms with Crippen LogP contribution in [0.4, 0.5) is 11.4 Å². The number of nitrogens with one attached hydrogen (secondary N) is 3. The van der Waals surface area contributed by atoms with E-state index in [1.54, 1.807) is 23.9 Å². The summed E-state index contributed by atoms with van der Waals surface area (Å²) in [6.07, 6.45) is 1.75. The minimum Gasteiger partial charge on any atom is -0.506 e. The van der Waals surface area contributed by atoms with Crippen LogP contribution in [0.3, 0.4) is 0 Å². The Labute approximate surface area is 96.0 Å². The third-order valence-corrected chi connectivity index (χ3v) is 2.18. The molecule has 0 heterocycles. The molecule has 0 aliphatic heterocycles. The van der Waals surface area contributed by atoms with Crippen molar-refractivity contribution in [3.05, 3.63) is 18.2 Å². The van der Waals surface area contributed by atoms with Crippen molar-refractivity contribution in [3.8, 4) is 5.75 Å². The van der Waals surface area contributed by atoms with Crippen molar-refractivity contribution in [2.45, 2.75) is 6.92 Å². The molecular formula is C10H14N3O2S-. The fourth-order valence-corrected chi connectivity index (χ4v) is 1.38. The molecule has 0 radical (unpaired) electrons. The van der Waals surface area contributed by atoms with Crippen LogP contribution in [0.1, 0.15) is 6.92 Å². The maximum absolute atomic E-state index is 10.9. The van der Waals surface area contributed by atoms with Crippen molar-refractivity contribution in [1.82, 2.24) is 0 Å². The summed E-state index contributed by atoms with van der Waals surface area (Å²) in [6.45, 7) is 1.37. The van der Waals surface area contributed by atoms with Gasteiger partial charge in [-0.2, -0.15) is 0 Å². The van der Waals surface area contributed by atoms with Crippen molar-refractivity contribution < 1.29 is 9.90 Å². The predicted molar refractivity (Wildman–Crippen MR) is 68.1 cm³/mol. The molecule has 0 unspecified atom stereocenters. The van der Waals surface area contributed by atoms with Crippen molar-refractivity contribution >= 4 is 33.1 Å². The summed E-state index contributed by atoms with van der Waals surface area (Å²) in [7, 11) is -0.575. The second-order valence-electron chi connectivity index (χ2n) is 3.23. The predicted octanol–water partition coefficient (Wildman–Crippen LogP) is 1.53. The smallest absolute Gasteiger partial charge is 0.221 e. The van der Waals surface area contributed by atoms with Crippen molar-refractivity contribution in [2.75, 3.05) is 16.9 Å². The van der Waals surface area contributed by atoms with Crippen molar-refractivity contribution in [1.29, 1.82) is 4.78 Å². The summed E-state index contributed by atoms with van der Waals surface area (Å²) in [5.74, 6) is -0.228. The number of amides is 1.